The second-order valence-electron chi connectivity index (χ2n) is 4.19. The molecule has 1 heterocycles. The van der Waals surface area contributed by atoms with Crippen LogP contribution in [0.15, 0.2) is 6.20 Å². The third-order valence-corrected chi connectivity index (χ3v) is 2.81. The van der Waals surface area contributed by atoms with Crippen molar-refractivity contribution in [2.75, 3.05) is 5.32 Å². The average molecular weight is 224 g/mol. The van der Waals surface area contributed by atoms with Gasteiger partial charge in [0, 0.05) is 6.92 Å². The topological polar surface area (TPSA) is 80.0 Å². The summed E-state index contributed by atoms with van der Waals surface area (Å²) in [6.07, 6.45) is 4.72. The van der Waals surface area contributed by atoms with E-state index in [4.69, 9.17) is 0 Å². The Bertz CT molecular complexity index is 369. The van der Waals surface area contributed by atoms with E-state index in [-0.39, 0.29) is 18.1 Å². The first kappa shape index (κ1) is 11.1. The summed E-state index contributed by atoms with van der Waals surface area (Å²) in [5, 5.41) is 20.3. The Morgan fingerprint density at radius 1 is 1.50 bits per heavy atom. The quantitative estimate of drug-likeness (QED) is 0.775. The lowest BCUT2D eigenvalue weighted by Gasteiger charge is -2.24. The summed E-state index contributed by atoms with van der Waals surface area (Å²) >= 11 is 0. The molecule has 0 unspecified atom stereocenters. The SMILES string of the molecule is CC(=O)Nc1cnn(C2CCC(O)CC2)n1. The Morgan fingerprint density at radius 2 is 2.19 bits per heavy atom. The van der Waals surface area contributed by atoms with E-state index >= 15 is 0 Å². The van der Waals surface area contributed by atoms with Crippen LogP contribution in [0, 0.1) is 0 Å². The van der Waals surface area contributed by atoms with Crippen molar-refractivity contribution < 1.29 is 9.90 Å². The molecule has 0 bridgehead atoms. The molecule has 1 aromatic rings. The smallest absolute Gasteiger partial charge is 0.222 e. The van der Waals surface area contributed by atoms with Crippen LogP contribution in [-0.4, -0.2) is 32.1 Å². The first-order valence-corrected chi connectivity index (χ1v) is 5.52. The number of carbonyl (C=O) groups excluding carboxylic acids is 1. The summed E-state index contributed by atoms with van der Waals surface area (Å²) in [6, 6.07) is 0.242. The van der Waals surface area contributed by atoms with Gasteiger partial charge in [0.15, 0.2) is 5.82 Å². The van der Waals surface area contributed by atoms with Gasteiger partial charge in [-0.15, -0.1) is 5.10 Å². The maximum absolute atomic E-state index is 10.8. The van der Waals surface area contributed by atoms with Gasteiger partial charge in [-0.1, -0.05) is 0 Å². The van der Waals surface area contributed by atoms with Gasteiger partial charge in [0.2, 0.25) is 5.91 Å². The van der Waals surface area contributed by atoms with Gasteiger partial charge in [0.25, 0.3) is 0 Å². The first-order chi connectivity index (χ1) is 7.65. The molecule has 16 heavy (non-hydrogen) atoms. The Hall–Kier alpha value is -1.43. The number of hydrogen-bond acceptors (Lipinski definition) is 4. The fraction of sp³-hybridized carbons (Fsp3) is 0.700. The van der Waals surface area contributed by atoms with E-state index in [1.54, 1.807) is 11.0 Å². The van der Waals surface area contributed by atoms with Gasteiger partial charge in [-0.05, 0) is 25.7 Å². The number of aliphatic hydroxyl groups excluding tert-OH is 1. The van der Waals surface area contributed by atoms with E-state index in [0.717, 1.165) is 25.7 Å². The number of nitrogens with zero attached hydrogens (tertiary/aromatic N) is 3. The third-order valence-electron chi connectivity index (χ3n) is 2.81. The summed E-state index contributed by atoms with van der Waals surface area (Å²) in [4.78, 5) is 12.5. The Balaban J connectivity index is 1.99. The fourth-order valence-electron chi connectivity index (χ4n) is 1.98. The molecular weight excluding hydrogens is 208 g/mol. The lowest BCUT2D eigenvalue weighted by Crippen LogP contribution is -2.22. The van der Waals surface area contributed by atoms with Gasteiger partial charge in [0.1, 0.15) is 0 Å². The molecule has 2 rings (SSSR count). The monoisotopic (exact) mass is 224 g/mol. The highest BCUT2D eigenvalue weighted by atomic mass is 16.3. The van der Waals surface area contributed by atoms with Crippen LogP contribution >= 0.6 is 0 Å². The predicted molar refractivity (Wildman–Crippen MR) is 57.8 cm³/mol. The number of amides is 1. The molecule has 88 valence electrons. The molecule has 0 atom stereocenters. The number of hydrogen-bond donors (Lipinski definition) is 2. The van der Waals surface area contributed by atoms with Crippen molar-refractivity contribution in [3.63, 3.8) is 0 Å². The van der Waals surface area contributed by atoms with Crippen molar-refractivity contribution >= 4 is 11.7 Å². The lowest BCUT2D eigenvalue weighted by molar-refractivity contribution is -0.114. The van der Waals surface area contributed by atoms with E-state index in [0.29, 0.717) is 5.82 Å². The third kappa shape index (κ3) is 2.57. The molecule has 2 N–H and O–H groups in total. The molecule has 1 aliphatic rings. The number of aromatic nitrogens is 3. The second kappa shape index (κ2) is 4.61. The average Bonchev–Trinajstić information content (AvgIpc) is 2.66. The zero-order chi connectivity index (χ0) is 11.5. The molecule has 6 nitrogen and oxygen atoms in total. The van der Waals surface area contributed by atoms with Crippen LogP contribution in [0.3, 0.4) is 0 Å². The summed E-state index contributed by atoms with van der Waals surface area (Å²) in [5.41, 5.74) is 0. The van der Waals surface area contributed by atoms with Crippen LogP contribution in [0.25, 0.3) is 0 Å². The molecule has 0 radical (unpaired) electrons. The Kier molecular flexibility index (Phi) is 3.19. The van der Waals surface area contributed by atoms with Gasteiger partial charge < -0.3 is 10.4 Å². The normalized spacial score (nSPS) is 25.4. The highest BCUT2D eigenvalue weighted by molar-refractivity contribution is 5.87. The fourth-order valence-corrected chi connectivity index (χ4v) is 1.98. The molecule has 0 aromatic carbocycles. The van der Waals surface area contributed by atoms with E-state index in [9.17, 15) is 9.90 Å². The van der Waals surface area contributed by atoms with Gasteiger partial charge in [0.05, 0.1) is 18.3 Å². The van der Waals surface area contributed by atoms with Crippen LogP contribution in [-0.2, 0) is 4.79 Å². The number of anilines is 1. The standard InChI is InChI=1S/C10H16N4O2/c1-7(15)12-10-6-11-14(13-10)8-2-4-9(16)5-3-8/h6,8-9,16H,2-5H2,1H3,(H,12,13,15). The molecule has 1 amide bonds. The van der Waals surface area contributed by atoms with Gasteiger partial charge in [-0.2, -0.15) is 9.90 Å². The molecule has 1 saturated carbocycles. The maximum atomic E-state index is 10.8. The maximum Gasteiger partial charge on any atom is 0.222 e. The Morgan fingerprint density at radius 3 is 2.81 bits per heavy atom. The summed E-state index contributed by atoms with van der Waals surface area (Å²) in [7, 11) is 0. The molecular formula is C10H16N4O2. The summed E-state index contributed by atoms with van der Waals surface area (Å²) < 4.78 is 0. The van der Waals surface area contributed by atoms with Crippen LogP contribution < -0.4 is 5.32 Å². The number of aliphatic hydroxyl groups is 1. The van der Waals surface area contributed by atoms with Crippen LogP contribution in [0.4, 0.5) is 5.82 Å². The van der Waals surface area contributed by atoms with Gasteiger partial charge in [-0.25, -0.2) is 0 Å². The largest absolute Gasteiger partial charge is 0.393 e. The number of rotatable bonds is 2. The van der Waals surface area contributed by atoms with Crippen LogP contribution in [0.1, 0.15) is 38.6 Å². The molecule has 0 spiro atoms. The summed E-state index contributed by atoms with van der Waals surface area (Å²) in [5.74, 6) is 0.338. The molecule has 0 saturated heterocycles. The van der Waals surface area contributed by atoms with Crippen molar-refractivity contribution in [3.05, 3.63) is 6.20 Å². The minimum Gasteiger partial charge on any atom is -0.393 e. The molecule has 1 aromatic heterocycles. The Labute approximate surface area is 93.6 Å². The first-order valence-electron chi connectivity index (χ1n) is 5.52. The molecule has 1 fully saturated rings. The number of carbonyl (C=O) groups is 1. The zero-order valence-corrected chi connectivity index (χ0v) is 9.26. The zero-order valence-electron chi connectivity index (χ0n) is 9.26. The molecule has 0 aliphatic heterocycles. The number of nitrogens with one attached hydrogen (secondary N) is 1. The molecule has 6 heteroatoms. The van der Waals surface area contributed by atoms with Crippen molar-refractivity contribution in [3.8, 4) is 0 Å². The lowest BCUT2D eigenvalue weighted by atomic mass is 9.94. The van der Waals surface area contributed by atoms with Crippen molar-refractivity contribution in [1.29, 1.82) is 0 Å². The predicted octanol–water partition coefficient (Wildman–Crippen LogP) is 0.712. The van der Waals surface area contributed by atoms with Crippen LogP contribution in [0.2, 0.25) is 0 Å². The van der Waals surface area contributed by atoms with E-state index in [2.05, 4.69) is 15.5 Å². The highest BCUT2D eigenvalue weighted by Gasteiger charge is 2.22. The van der Waals surface area contributed by atoms with Crippen molar-refractivity contribution in [2.24, 2.45) is 0 Å². The van der Waals surface area contributed by atoms with Gasteiger partial charge >= 0.3 is 0 Å². The van der Waals surface area contributed by atoms with E-state index < -0.39 is 0 Å². The van der Waals surface area contributed by atoms with Crippen LogP contribution in [0.5, 0.6) is 0 Å². The van der Waals surface area contributed by atoms with Crippen molar-refractivity contribution in [1.82, 2.24) is 15.0 Å². The minimum atomic E-state index is -0.179. The minimum absolute atomic E-state index is 0.147. The van der Waals surface area contributed by atoms with E-state index in [1.165, 1.54) is 6.92 Å². The van der Waals surface area contributed by atoms with E-state index in [1.807, 2.05) is 0 Å². The molecule has 1 aliphatic carbocycles. The van der Waals surface area contributed by atoms with Gasteiger partial charge in [-0.3, -0.25) is 4.79 Å². The highest BCUT2D eigenvalue weighted by Crippen LogP contribution is 2.27. The van der Waals surface area contributed by atoms with Crippen molar-refractivity contribution in [2.45, 2.75) is 44.8 Å². The summed E-state index contributed by atoms with van der Waals surface area (Å²) in [6.45, 7) is 1.44. The second-order valence-corrected chi connectivity index (χ2v) is 4.19.